The Morgan fingerprint density at radius 1 is 1.56 bits per heavy atom. The number of nitrogens with one attached hydrogen (secondary N) is 1. The van der Waals surface area contributed by atoms with Gasteiger partial charge in [-0.1, -0.05) is 18.7 Å². The van der Waals surface area contributed by atoms with Gasteiger partial charge in [-0.3, -0.25) is 4.99 Å². The standard InChI is InChI=1S/C12H25N3S/c1-6-12(3)7-8-16-11(14-12)13-10(2)9-15(4)5/h10H,6-9H2,1-5H3,(H,13,14). The summed E-state index contributed by atoms with van der Waals surface area (Å²) in [6.07, 6.45) is 2.39. The second-order valence-corrected chi connectivity index (χ2v) is 6.27. The number of amidine groups is 1. The Morgan fingerprint density at radius 2 is 2.25 bits per heavy atom. The minimum Gasteiger partial charge on any atom is -0.360 e. The van der Waals surface area contributed by atoms with Crippen molar-refractivity contribution >= 4 is 16.9 Å². The van der Waals surface area contributed by atoms with Gasteiger partial charge in [-0.15, -0.1) is 0 Å². The fourth-order valence-electron chi connectivity index (χ4n) is 1.83. The van der Waals surface area contributed by atoms with Crippen LogP contribution in [0.3, 0.4) is 0 Å². The lowest BCUT2D eigenvalue weighted by molar-refractivity contribution is 0.376. The Kier molecular flexibility index (Phi) is 5.12. The molecule has 0 bridgehead atoms. The van der Waals surface area contributed by atoms with E-state index in [4.69, 9.17) is 4.99 Å². The quantitative estimate of drug-likeness (QED) is 0.820. The second-order valence-electron chi connectivity index (χ2n) is 5.18. The van der Waals surface area contributed by atoms with Crippen molar-refractivity contribution in [3.8, 4) is 0 Å². The summed E-state index contributed by atoms with van der Waals surface area (Å²) in [4.78, 5) is 6.93. The zero-order valence-corrected chi connectivity index (χ0v) is 12.0. The van der Waals surface area contributed by atoms with E-state index in [-0.39, 0.29) is 5.54 Å². The molecular formula is C12H25N3S. The summed E-state index contributed by atoms with van der Waals surface area (Å²) in [5, 5.41) is 4.71. The van der Waals surface area contributed by atoms with Gasteiger partial charge in [0.2, 0.25) is 0 Å². The van der Waals surface area contributed by atoms with E-state index < -0.39 is 0 Å². The molecule has 1 heterocycles. The van der Waals surface area contributed by atoms with Crippen LogP contribution in [0.4, 0.5) is 0 Å². The van der Waals surface area contributed by atoms with E-state index in [2.05, 4.69) is 45.1 Å². The highest BCUT2D eigenvalue weighted by Crippen LogP contribution is 2.25. The largest absolute Gasteiger partial charge is 0.360 e. The van der Waals surface area contributed by atoms with Gasteiger partial charge in [0, 0.05) is 17.8 Å². The van der Waals surface area contributed by atoms with Gasteiger partial charge in [0.15, 0.2) is 5.17 Å². The Hall–Kier alpha value is -0.220. The Labute approximate surface area is 104 Å². The van der Waals surface area contributed by atoms with Crippen molar-refractivity contribution in [3.05, 3.63) is 0 Å². The third-order valence-electron chi connectivity index (χ3n) is 3.05. The lowest BCUT2D eigenvalue weighted by Crippen LogP contribution is -2.48. The number of thioether (sulfide) groups is 1. The maximum absolute atomic E-state index is 4.75. The Morgan fingerprint density at radius 3 is 2.81 bits per heavy atom. The SMILES string of the molecule is CCC1(C)CCSC(=NC(C)CN(C)C)N1. The first kappa shape index (κ1) is 13.8. The topological polar surface area (TPSA) is 27.6 Å². The highest BCUT2D eigenvalue weighted by molar-refractivity contribution is 8.13. The summed E-state index contributed by atoms with van der Waals surface area (Å²) in [5.74, 6) is 1.19. The fraction of sp³-hybridized carbons (Fsp3) is 0.917. The average molecular weight is 243 g/mol. The number of likely N-dealkylation sites (N-methyl/N-ethyl adjacent to an activating group) is 1. The molecule has 0 aromatic carbocycles. The van der Waals surface area contributed by atoms with Gasteiger partial charge in [-0.05, 0) is 40.8 Å². The van der Waals surface area contributed by atoms with Crippen molar-refractivity contribution < 1.29 is 0 Å². The van der Waals surface area contributed by atoms with Crippen LogP contribution >= 0.6 is 11.8 Å². The Balaban J connectivity index is 2.56. The van der Waals surface area contributed by atoms with Gasteiger partial charge in [-0.2, -0.15) is 0 Å². The van der Waals surface area contributed by atoms with E-state index in [1.165, 1.54) is 12.2 Å². The molecule has 1 fully saturated rings. The summed E-state index contributed by atoms with van der Waals surface area (Å²) in [6.45, 7) is 7.71. The molecule has 1 aliphatic rings. The van der Waals surface area contributed by atoms with Crippen molar-refractivity contribution in [2.24, 2.45) is 4.99 Å². The molecule has 1 aliphatic heterocycles. The molecule has 0 spiro atoms. The predicted octanol–water partition coefficient (Wildman–Crippen LogP) is 2.19. The van der Waals surface area contributed by atoms with Crippen LogP contribution in [0.1, 0.15) is 33.6 Å². The zero-order valence-electron chi connectivity index (χ0n) is 11.2. The number of hydrogen-bond acceptors (Lipinski definition) is 3. The molecule has 2 atom stereocenters. The maximum atomic E-state index is 4.75. The molecule has 0 aliphatic carbocycles. The van der Waals surface area contributed by atoms with Gasteiger partial charge < -0.3 is 10.2 Å². The van der Waals surface area contributed by atoms with E-state index in [0.29, 0.717) is 6.04 Å². The zero-order chi connectivity index (χ0) is 12.2. The van der Waals surface area contributed by atoms with E-state index in [9.17, 15) is 0 Å². The Bertz CT molecular complexity index is 253. The van der Waals surface area contributed by atoms with Crippen molar-refractivity contribution in [3.63, 3.8) is 0 Å². The van der Waals surface area contributed by atoms with Crippen LogP contribution in [-0.2, 0) is 0 Å². The normalized spacial score (nSPS) is 30.5. The maximum Gasteiger partial charge on any atom is 0.157 e. The van der Waals surface area contributed by atoms with E-state index in [1.807, 2.05) is 11.8 Å². The molecule has 1 rings (SSSR count). The summed E-state index contributed by atoms with van der Waals surface area (Å²) in [5.41, 5.74) is 0.252. The monoisotopic (exact) mass is 243 g/mol. The molecule has 1 N–H and O–H groups in total. The van der Waals surface area contributed by atoms with E-state index in [1.54, 1.807) is 0 Å². The average Bonchev–Trinajstić information content (AvgIpc) is 2.16. The highest BCUT2D eigenvalue weighted by atomic mass is 32.2. The number of nitrogens with zero attached hydrogens (tertiary/aromatic N) is 2. The van der Waals surface area contributed by atoms with Gasteiger partial charge in [0.25, 0.3) is 0 Å². The van der Waals surface area contributed by atoms with E-state index in [0.717, 1.165) is 18.1 Å². The molecule has 0 aromatic rings. The summed E-state index contributed by atoms with van der Waals surface area (Å²) >= 11 is 1.86. The first-order valence-corrected chi connectivity index (χ1v) is 7.07. The molecule has 2 unspecified atom stereocenters. The minimum absolute atomic E-state index is 0.252. The predicted molar refractivity (Wildman–Crippen MR) is 74.4 cm³/mol. The van der Waals surface area contributed by atoms with Crippen molar-refractivity contribution in [1.82, 2.24) is 10.2 Å². The van der Waals surface area contributed by atoms with Crippen LogP contribution in [-0.4, -0.2) is 48.0 Å². The molecule has 0 amide bonds. The molecule has 0 radical (unpaired) electrons. The van der Waals surface area contributed by atoms with Crippen LogP contribution in [0, 0.1) is 0 Å². The smallest absolute Gasteiger partial charge is 0.157 e. The second kappa shape index (κ2) is 5.92. The van der Waals surface area contributed by atoms with Crippen LogP contribution < -0.4 is 5.32 Å². The fourth-order valence-corrected chi connectivity index (χ4v) is 3.15. The molecule has 3 nitrogen and oxygen atoms in total. The third-order valence-corrected chi connectivity index (χ3v) is 3.94. The lowest BCUT2D eigenvalue weighted by Gasteiger charge is -2.35. The third kappa shape index (κ3) is 4.34. The summed E-state index contributed by atoms with van der Waals surface area (Å²) < 4.78 is 0. The van der Waals surface area contributed by atoms with Crippen LogP contribution in [0.2, 0.25) is 0 Å². The number of hydrogen-bond donors (Lipinski definition) is 1. The van der Waals surface area contributed by atoms with Crippen molar-refractivity contribution in [2.75, 3.05) is 26.4 Å². The molecule has 94 valence electrons. The van der Waals surface area contributed by atoms with Crippen molar-refractivity contribution in [2.45, 2.75) is 45.2 Å². The van der Waals surface area contributed by atoms with Gasteiger partial charge in [0.05, 0.1) is 6.04 Å². The molecular weight excluding hydrogens is 218 g/mol. The van der Waals surface area contributed by atoms with Gasteiger partial charge >= 0.3 is 0 Å². The van der Waals surface area contributed by atoms with Crippen molar-refractivity contribution in [1.29, 1.82) is 0 Å². The summed E-state index contributed by atoms with van der Waals surface area (Å²) in [7, 11) is 4.18. The summed E-state index contributed by atoms with van der Waals surface area (Å²) in [6, 6.07) is 0.365. The molecule has 0 saturated carbocycles. The molecule has 0 aromatic heterocycles. The first-order chi connectivity index (χ1) is 7.45. The number of aliphatic imine (C=N–C) groups is 1. The molecule has 1 saturated heterocycles. The van der Waals surface area contributed by atoms with Crippen LogP contribution in [0.25, 0.3) is 0 Å². The molecule has 4 heteroatoms. The van der Waals surface area contributed by atoms with E-state index >= 15 is 0 Å². The lowest BCUT2D eigenvalue weighted by atomic mass is 9.96. The van der Waals surface area contributed by atoms with Crippen LogP contribution in [0.5, 0.6) is 0 Å². The van der Waals surface area contributed by atoms with Gasteiger partial charge in [-0.25, -0.2) is 0 Å². The van der Waals surface area contributed by atoms with Gasteiger partial charge in [0.1, 0.15) is 0 Å². The number of rotatable bonds is 4. The first-order valence-electron chi connectivity index (χ1n) is 6.09. The minimum atomic E-state index is 0.252. The highest BCUT2D eigenvalue weighted by Gasteiger charge is 2.27. The van der Waals surface area contributed by atoms with Crippen LogP contribution in [0.15, 0.2) is 4.99 Å². The molecule has 16 heavy (non-hydrogen) atoms.